The van der Waals surface area contributed by atoms with Crippen molar-refractivity contribution in [3.8, 4) is 0 Å². The summed E-state index contributed by atoms with van der Waals surface area (Å²) in [6, 6.07) is 0.113. The fourth-order valence-electron chi connectivity index (χ4n) is 3.55. The van der Waals surface area contributed by atoms with Crippen LogP contribution in [-0.2, 0) is 0 Å². The number of urea groups is 1. The maximum atomic E-state index is 11.7. The van der Waals surface area contributed by atoms with Crippen LogP contribution in [-0.4, -0.2) is 30.6 Å². The van der Waals surface area contributed by atoms with Crippen LogP contribution in [0.1, 0.15) is 39.5 Å². The van der Waals surface area contributed by atoms with Gasteiger partial charge in [0.15, 0.2) is 0 Å². The first-order chi connectivity index (χ1) is 8.04. The minimum absolute atomic E-state index is 0.113. The van der Waals surface area contributed by atoms with E-state index in [1.54, 1.807) is 0 Å². The molecule has 96 valence electrons. The van der Waals surface area contributed by atoms with Crippen molar-refractivity contribution in [3.05, 3.63) is 12.2 Å². The molecular formula is C14H24N2O. The molecule has 17 heavy (non-hydrogen) atoms. The average molecular weight is 236 g/mol. The van der Waals surface area contributed by atoms with Crippen LogP contribution < -0.4 is 5.32 Å². The van der Waals surface area contributed by atoms with Crippen LogP contribution in [0.25, 0.3) is 0 Å². The summed E-state index contributed by atoms with van der Waals surface area (Å²) in [6.45, 7) is 11.3. The SMILES string of the molecule is C=C1CC(C)CC(CC)(CN2CCNC2=O)C1. The summed E-state index contributed by atoms with van der Waals surface area (Å²) in [7, 11) is 0. The van der Waals surface area contributed by atoms with Gasteiger partial charge in [0.25, 0.3) is 0 Å². The molecular weight excluding hydrogens is 212 g/mol. The number of allylic oxidation sites excluding steroid dienone is 1. The third-order valence-corrected chi connectivity index (χ3v) is 4.27. The van der Waals surface area contributed by atoms with Crippen molar-refractivity contribution in [2.24, 2.45) is 11.3 Å². The van der Waals surface area contributed by atoms with Crippen LogP contribution in [0.4, 0.5) is 4.79 Å². The summed E-state index contributed by atoms with van der Waals surface area (Å²) >= 11 is 0. The summed E-state index contributed by atoms with van der Waals surface area (Å²) < 4.78 is 0. The van der Waals surface area contributed by atoms with Gasteiger partial charge in [-0.25, -0.2) is 4.79 Å². The predicted molar refractivity (Wildman–Crippen MR) is 69.9 cm³/mol. The molecule has 1 N–H and O–H groups in total. The van der Waals surface area contributed by atoms with Crippen molar-refractivity contribution in [2.45, 2.75) is 39.5 Å². The standard InChI is InChI=1S/C14H24N2O/c1-4-14(8-11(2)7-12(3)9-14)10-16-6-5-15-13(16)17/h12H,2,4-10H2,1,3H3,(H,15,17). The number of hydrogen-bond acceptors (Lipinski definition) is 1. The Hall–Kier alpha value is -0.990. The molecule has 2 atom stereocenters. The lowest BCUT2D eigenvalue weighted by atomic mass is 9.66. The van der Waals surface area contributed by atoms with Gasteiger partial charge in [-0.15, -0.1) is 0 Å². The zero-order valence-corrected chi connectivity index (χ0v) is 11.1. The molecule has 2 aliphatic rings. The summed E-state index contributed by atoms with van der Waals surface area (Å²) in [5, 5.41) is 2.89. The summed E-state index contributed by atoms with van der Waals surface area (Å²) in [5.41, 5.74) is 1.64. The Balaban J connectivity index is 2.07. The minimum atomic E-state index is 0.113. The Morgan fingerprint density at radius 3 is 2.88 bits per heavy atom. The second-order valence-corrected chi connectivity index (χ2v) is 5.95. The molecule has 2 rings (SSSR count). The lowest BCUT2D eigenvalue weighted by Gasteiger charge is -2.42. The fraction of sp³-hybridized carbons (Fsp3) is 0.786. The Morgan fingerprint density at radius 1 is 1.59 bits per heavy atom. The van der Waals surface area contributed by atoms with Crippen LogP contribution in [0.5, 0.6) is 0 Å². The van der Waals surface area contributed by atoms with Crippen LogP contribution in [0.15, 0.2) is 12.2 Å². The predicted octanol–water partition coefficient (Wildman–Crippen LogP) is 2.78. The molecule has 0 bridgehead atoms. The second-order valence-electron chi connectivity index (χ2n) is 5.95. The largest absolute Gasteiger partial charge is 0.336 e. The van der Waals surface area contributed by atoms with E-state index in [2.05, 4.69) is 25.7 Å². The van der Waals surface area contributed by atoms with Gasteiger partial charge in [-0.05, 0) is 37.0 Å². The molecule has 0 spiro atoms. The van der Waals surface area contributed by atoms with Gasteiger partial charge in [-0.2, -0.15) is 0 Å². The number of carbonyl (C=O) groups excluding carboxylic acids is 1. The van der Waals surface area contributed by atoms with Crippen molar-refractivity contribution < 1.29 is 4.79 Å². The molecule has 1 aliphatic carbocycles. The monoisotopic (exact) mass is 236 g/mol. The second kappa shape index (κ2) is 4.71. The number of nitrogens with one attached hydrogen (secondary N) is 1. The number of hydrogen-bond donors (Lipinski definition) is 1. The Kier molecular flexibility index (Phi) is 3.45. The molecule has 0 aromatic rings. The van der Waals surface area contributed by atoms with Gasteiger partial charge in [0.05, 0.1) is 0 Å². The highest BCUT2D eigenvalue weighted by molar-refractivity contribution is 5.76. The molecule has 0 aromatic heterocycles. The van der Waals surface area contributed by atoms with E-state index in [9.17, 15) is 4.79 Å². The normalized spacial score (nSPS) is 34.0. The highest BCUT2D eigenvalue weighted by atomic mass is 16.2. The molecule has 2 fully saturated rings. The minimum Gasteiger partial charge on any atom is -0.336 e. The topological polar surface area (TPSA) is 32.3 Å². The smallest absolute Gasteiger partial charge is 0.317 e. The van der Waals surface area contributed by atoms with Crippen molar-refractivity contribution in [1.82, 2.24) is 10.2 Å². The molecule has 1 heterocycles. The maximum absolute atomic E-state index is 11.7. The molecule has 1 saturated carbocycles. The van der Waals surface area contributed by atoms with E-state index in [4.69, 9.17) is 0 Å². The van der Waals surface area contributed by atoms with Gasteiger partial charge < -0.3 is 10.2 Å². The van der Waals surface area contributed by atoms with E-state index in [1.165, 1.54) is 12.0 Å². The lowest BCUT2D eigenvalue weighted by molar-refractivity contribution is 0.121. The first-order valence-electron chi connectivity index (χ1n) is 6.74. The van der Waals surface area contributed by atoms with E-state index in [1.807, 2.05) is 4.90 Å². The highest BCUT2D eigenvalue weighted by Crippen LogP contribution is 2.44. The van der Waals surface area contributed by atoms with Gasteiger partial charge in [0.1, 0.15) is 0 Å². The van der Waals surface area contributed by atoms with E-state index >= 15 is 0 Å². The summed E-state index contributed by atoms with van der Waals surface area (Å²) in [5.74, 6) is 0.710. The first-order valence-corrected chi connectivity index (χ1v) is 6.74. The molecule has 3 nitrogen and oxygen atoms in total. The summed E-state index contributed by atoms with van der Waals surface area (Å²) in [6.07, 6.45) is 4.62. The molecule has 2 unspecified atom stereocenters. The first kappa shape index (κ1) is 12.5. The van der Waals surface area contributed by atoms with Gasteiger partial charge >= 0.3 is 6.03 Å². The van der Waals surface area contributed by atoms with E-state index < -0.39 is 0 Å². The quantitative estimate of drug-likeness (QED) is 0.751. The number of amides is 2. The van der Waals surface area contributed by atoms with Crippen molar-refractivity contribution in [3.63, 3.8) is 0 Å². The van der Waals surface area contributed by atoms with Crippen LogP contribution in [0, 0.1) is 11.3 Å². The van der Waals surface area contributed by atoms with E-state index in [0.717, 1.165) is 38.9 Å². The van der Waals surface area contributed by atoms with Crippen LogP contribution in [0.3, 0.4) is 0 Å². The average Bonchev–Trinajstić information content (AvgIpc) is 2.63. The molecule has 2 amide bonds. The maximum Gasteiger partial charge on any atom is 0.317 e. The Morgan fingerprint density at radius 2 is 2.35 bits per heavy atom. The summed E-state index contributed by atoms with van der Waals surface area (Å²) in [4.78, 5) is 13.6. The van der Waals surface area contributed by atoms with Crippen LogP contribution >= 0.6 is 0 Å². The van der Waals surface area contributed by atoms with E-state index in [-0.39, 0.29) is 11.4 Å². The molecule has 0 aromatic carbocycles. The number of nitrogens with zero attached hydrogens (tertiary/aromatic N) is 1. The third kappa shape index (κ3) is 2.64. The van der Waals surface area contributed by atoms with Crippen LogP contribution in [0.2, 0.25) is 0 Å². The number of rotatable bonds is 3. The third-order valence-electron chi connectivity index (χ3n) is 4.27. The molecule has 1 saturated heterocycles. The molecule has 0 radical (unpaired) electrons. The highest BCUT2D eigenvalue weighted by Gasteiger charge is 2.38. The van der Waals surface area contributed by atoms with Crippen molar-refractivity contribution in [2.75, 3.05) is 19.6 Å². The van der Waals surface area contributed by atoms with Gasteiger partial charge in [-0.1, -0.05) is 26.0 Å². The molecule has 3 heteroatoms. The van der Waals surface area contributed by atoms with Gasteiger partial charge in [0, 0.05) is 19.6 Å². The Labute approximate surface area is 104 Å². The van der Waals surface area contributed by atoms with Crippen molar-refractivity contribution in [1.29, 1.82) is 0 Å². The van der Waals surface area contributed by atoms with Crippen molar-refractivity contribution >= 4 is 6.03 Å². The number of carbonyl (C=O) groups is 1. The fourth-order valence-corrected chi connectivity index (χ4v) is 3.55. The van der Waals surface area contributed by atoms with E-state index in [0.29, 0.717) is 5.92 Å². The zero-order chi connectivity index (χ0) is 12.5. The zero-order valence-electron chi connectivity index (χ0n) is 11.1. The van der Waals surface area contributed by atoms with Gasteiger partial charge in [-0.3, -0.25) is 0 Å². The van der Waals surface area contributed by atoms with Gasteiger partial charge in [0.2, 0.25) is 0 Å². The lowest BCUT2D eigenvalue weighted by Crippen LogP contribution is -2.42. The molecule has 1 aliphatic heterocycles. The Bertz CT molecular complexity index is 326.